The number of hydrogen-bond donors (Lipinski definition) is 1. The molecule has 0 radical (unpaired) electrons. The lowest BCUT2D eigenvalue weighted by Crippen LogP contribution is -2.44. The summed E-state index contributed by atoms with van der Waals surface area (Å²) in [6.07, 6.45) is 3.50. The van der Waals surface area contributed by atoms with E-state index in [2.05, 4.69) is 45.3 Å². The van der Waals surface area contributed by atoms with Gasteiger partial charge >= 0.3 is 0 Å². The molecule has 0 aliphatic heterocycles. The van der Waals surface area contributed by atoms with Crippen LogP contribution >= 0.6 is 27.7 Å². The number of benzene rings is 1. The van der Waals surface area contributed by atoms with Crippen molar-refractivity contribution in [3.05, 3.63) is 28.7 Å². The molecule has 1 aromatic heterocycles. The maximum Gasteiger partial charge on any atom is 0.277 e. The molecule has 134 valence electrons. The minimum absolute atomic E-state index is 0.0246. The van der Waals surface area contributed by atoms with Gasteiger partial charge in [-0.25, -0.2) is 0 Å². The fourth-order valence-corrected chi connectivity index (χ4v) is 4.20. The summed E-state index contributed by atoms with van der Waals surface area (Å²) < 4.78 is 6.56. The van der Waals surface area contributed by atoms with Crippen molar-refractivity contribution in [1.82, 2.24) is 15.5 Å². The summed E-state index contributed by atoms with van der Waals surface area (Å²) in [5, 5.41) is 11.7. The SMILES string of the molecule is CC1CCCC(NC(=O)CSc2nnc(-c3ccccc3Br)o2)C1C. The Morgan fingerprint density at radius 3 is 2.92 bits per heavy atom. The van der Waals surface area contributed by atoms with Crippen molar-refractivity contribution < 1.29 is 9.21 Å². The average molecular weight is 424 g/mol. The molecule has 1 aliphatic carbocycles. The molecule has 3 unspecified atom stereocenters. The fraction of sp³-hybridized carbons (Fsp3) is 0.500. The van der Waals surface area contributed by atoms with Crippen molar-refractivity contribution in [2.24, 2.45) is 11.8 Å². The largest absolute Gasteiger partial charge is 0.411 e. The zero-order valence-corrected chi connectivity index (χ0v) is 16.8. The zero-order chi connectivity index (χ0) is 17.8. The number of thioether (sulfide) groups is 1. The molecular weight excluding hydrogens is 402 g/mol. The molecule has 1 aromatic carbocycles. The van der Waals surface area contributed by atoms with E-state index >= 15 is 0 Å². The third-order valence-corrected chi connectivity index (χ3v) is 6.40. The summed E-state index contributed by atoms with van der Waals surface area (Å²) in [5.74, 6) is 1.94. The van der Waals surface area contributed by atoms with Crippen LogP contribution in [0.2, 0.25) is 0 Å². The molecule has 1 amide bonds. The van der Waals surface area contributed by atoms with E-state index in [-0.39, 0.29) is 17.7 Å². The van der Waals surface area contributed by atoms with Gasteiger partial charge < -0.3 is 9.73 Å². The molecule has 1 saturated carbocycles. The second-order valence-electron chi connectivity index (χ2n) is 6.58. The highest BCUT2D eigenvalue weighted by molar-refractivity contribution is 9.10. The van der Waals surface area contributed by atoms with Gasteiger partial charge in [0.2, 0.25) is 11.8 Å². The maximum atomic E-state index is 12.2. The molecule has 5 nitrogen and oxygen atoms in total. The second kappa shape index (κ2) is 8.36. The lowest BCUT2D eigenvalue weighted by atomic mass is 9.78. The van der Waals surface area contributed by atoms with Gasteiger partial charge in [-0.15, -0.1) is 10.2 Å². The molecule has 1 aliphatic rings. The topological polar surface area (TPSA) is 68.0 Å². The molecule has 1 heterocycles. The second-order valence-corrected chi connectivity index (χ2v) is 8.36. The normalized spacial score (nSPS) is 23.4. The number of nitrogens with one attached hydrogen (secondary N) is 1. The van der Waals surface area contributed by atoms with Crippen LogP contribution in [0.5, 0.6) is 0 Å². The number of carbonyl (C=O) groups excluding carboxylic acids is 1. The number of amides is 1. The van der Waals surface area contributed by atoms with Crippen molar-refractivity contribution in [3.8, 4) is 11.5 Å². The molecule has 0 saturated heterocycles. The summed E-state index contributed by atoms with van der Waals surface area (Å²) in [5.41, 5.74) is 0.844. The van der Waals surface area contributed by atoms with Crippen LogP contribution in [-0.2, 0) is 4.79 Å². The third kappa shape index (κ3) is 4.64. The highest BCUT2D eigenvalue weighted by Crippen LogP contribution is 2.30. The van der Waals surface area contributed by atoms with Gasteiger partial charge in [-0.2, -0.15) is 0 Å². The van der Waals surface area contributed by atoms with Crippen LogP contribution in [0.15, 0.2) is 38.4 Å². The molecule has 2 aromatic rings. The Labute approximate surface area is 160 Å². The Balaban J connectivity index is 1.54. The van der Waals surface area contributed by atoms with E-state index in [4.69, 9.17) is 4.42 Å². The lowest BCUT2D eigenvalue weighted by molar-refractivity contribution is -0.120. The van der Waals surface area contributed by atoms with Crippen molar-refractivity contribution >= 4 is 33.6 Å². The molecule has 0 spiro atoms. The number of aromatic nitrogens is 2. The van der Waals surface area contributed by atoms with Crippen LogP contribution in [0.4, 0.5) is 0 Å². The molecule has 3 atom stereocenters. The van der Waals surface area contributed by atoms with Gasteiger partial charge in [0.1, 0.15) is 0 Å². The number of rotatable bonds is 5. The Morgan fingerprint density at radius 1 is 1.32 bits per heavy atom. The van der Waals surface area contributed by atoms with Crippen molar-refractivity contribution in [2.75, 3.05) is 5.75 Å². The maximum absolute atomic E-state index is 12.2. The molecule has 1 N–H and O–H groups in total. The van der Waals surface area contributed by atoms with Crippen LogP contribution in [0.25, 0.3) is 11.5 Å². The van der Waals surface area contributed by atoms with E-state index in [1.54, 1.807) is 0 Å². The summed E-state index contributed by atoms with van der Waals surface area (Å²) in [6, 6.07) is 7.94. The molecule has 3 rings (SSSR count). The summed E-state index contributed by atoms with van der Waals surface area (Å²) >= 11 is 4.74. The summed E-state index contributed by atoms with van der Waals surface area (Å²) in [6.45, 7) is 4.49. The highest BCUT2D eigenvalue weighted by Gasteiger charge is 2.28. The van der Waals surface area contributed by atoms with Gasteiger partial charge in [0.25, 0.3) is 5.22 Å². The van der Waals surface area contributed by atoms with E-state index in [1.807, 2.05) is 24.3 Å². The smallest absolute Gasteiger partial charge is 0.277 e. The molecule has 25 heavy (non-hydrogen) atoms. The fourth-order valence-electron chi connectivity index (χ4n) is 3.17. The van der Waals surface area contributed by atoms with E-state index in [1.165, 1.54) is 24.6 Å². The van der Waals surface area contributed by atoms with Crippen LogP contribution in [0.1, 0.15) is 33.1 Å². The first kappa shape index (κ1) is 18.5. The number of nitrogens with zero attached hydrogens (tertiary/aromatic N) is 2. The minimum atomic E-state index is 0.0246. The number of hydrogen-bond acceptors (Lipinski definition) is 5. The number of halogens is 1. The van der Waals surface area contributed by atoms with E-state index < -0.39 is 0 Å². The van der Waals surface area contributed by atoms with Crippen LogP contribution in [-0.4, -0.2) is 27.9 Å². The first-order chi connectivity index (χ1) is 12.0. The Morgan fingerprint density at radius 2 is 2.12 bits per heavy atom. The van der Waals surface area contributed by atoms with Gasteiger partial charge in [-0.1, -0.05) is 50.6 Å². The van der Waals surface area contributed by atoms with E-state index in [9.17, 15) is 4.79 Å². The first-order valence-electron chi connectivity index (χ1n) is 8.55. The first-order valence-corrected chi connectivity index (χ1v) is 10.3. The molecule has 7 heteroatoms. The Hall–Kier alpha value is -1.34. The Kier molecular flexibility index (Phi) is 6.17. The predicted molar refractivity (Wildman–Crippen MR) is 102 cm³/mol. The van der Waals surface area contributed by atoms with Crippen molar-refractivity contribution in [2.45, 2.75) is 44.4 Å². The van der Waals surface area contributed by atoms with E-state index in [0.29, 0.717) is 22.9 Å². The van der Waals surface area contributed by atoms with Crippen molar-refractivity contribution in [3.63, 3.8) is 0 Å². The molecule has 0 bridgehead atoms. The monoisotopic (exact) mass is 423 g/mol. The highest BCUT2D eigenvalue weighted by atomic mass is 79.9. The third-order valence-electron chi connectivity index (χ3n) is 4.89. The van der Waals surface area contributed by atoms with Gasteiger partial charge in [0.05, 0.1) is 11.3 Å². The van der Waals surface area contributed by atoms with Crippen LogP contribution < -0.4 is 5.32 Å². The van der Waals surface area contributed by atoms with Crippen molar-refractivity contribution in [1.29, 1.82) is 0 Å². The van der Waals surface area contributed by atoms with Gasteiger partial charge in [0, 0.05) is 10.5 Å². The Bertz CT molecular complexity index is 737. The predicted octanol–water partition coefficient (Wildman–Crippen LogP) is 4.53. The number of carbonyl (C=O) groups is 1. The quantitative estimate of drug-likeness (QED) is 0.715. The lowest BCUT2D eigenvalue weighted by Gasteiger charge is -2.34. The zero-order valence-electron chi connectivity index (χ0n) is 14.4. The molecular formula is C18H22BrN3O2S. The van der Waals surface area contributed by atoms with Gasteiger partial charge in [0.15, 0.2) is 0 Å². The van der Waals surface area contributed by atoms with Crippen LogP contribution in [0.3, 0.4) is 0 Å². The average Bonchev–Trinajstić information content (AvgIpc) is 3.06. The standard InChI is InChI=1S/C18H22BrN3O2S/c1-11-6-5-9-15(12(11)2)20-16(23)10-25-18-22-21-17(24-18)13-7-3-4-8-14(13)19/h3-4,7-8,11-12,15H,5-6,9-10H2,1-2H3,(H,20,23). The van der Waals surface area contributed by atoms with Crippen LogP contribution in [0, 0.1) is 11.8 Å². The minimum Gasteiger partial charge on any atom is -0.411 e. The van der Waals surface area contributed by atoms with Gasteiger partial charge in [-0.3, -0.25) is 4.79 Å². The van der Waals surface area contributed by atoms with Gasteiger partial charge in [-0.05, 0) is 46.3 Å². The molecule has 1 fully saturated rings. The summed E-state index contributed by atoms with van der Waals surface area (Å²) in [4.78, 5) is 12.2. The van der Waals surface area contributed by atoms with E-state index in [0.717, 1.165) is 16.5 Å². The summed E-state index contributed by atoms with van der Waals surface area (Å²) in [7, 11) is 0.